The summed E-state index contributed by atoms with van der Waals surface area (Å²) < 4.78 is 6.42. The molecule has 0 spiro atoms. The van der Waals surface area contributed by atoms with Crippen LogP contribution in [0, 0.1) is 5.92 Å². The molecule has 0 N–H and O–H groups in total. The van der Waals surface area contributed by atoms with Gasteiger partial charge in [-0.3, -0.25) is 0 Å². The van der Waals surface area contributed by atoms with E-state index in [4.69, 9.17) is 16.3 Å². The van der Waals surface area contributed by atoms with Crippen molar-refractivity contribution in [3.05, 3.63) is 0 Å². The zero-order chi connectivity index (χ0) is 11.3. The molecule has 1 saturated carbocycles. The van der Waals surface area contributed by atoms with E-state index >= 15 is 0 Å². The predicted molar refractivity (Wildman–Crippen MR) is 72.7 cm³/mol. The molecule has 3 rings (SSSR count). The molecule has 0 aromatic rings. The number of rotatable bonds is 1. The lowest BCUT2D eigenvalue weighted by Gasteiger charge is -2.58. The molecule has 2 saturated heterocycles. The van der Waals surface area contributed by atoms with E-state index < -0.39 is 0 Å². The van der Waals surface area contributed by atoms with E-state index in [0.29, 0.717) is 9.34 Å². The number of ether oxygens (including phenoxy) is 1. The van der Waals surface area contributed by atoms with Gasteiger partial charge in [0.05, 0.1) is 5.60 Å². The SMILES string of the molecule is CC(C)C12CCCC(C)(I)CC(Cl)(C1)O2. The second kappa shape index (κ2) is 3.74. The summed E-state index contributed by atoms with van der Waals surface area (Å²) in [6, 6.07) is 0. The Morgan fingerprint density at radius 2 is 1.87 bits per heavy atom. The Kier molecular flexibility index (Phi) is 3.10. The largest absolute Gasteiger partial charge is 0.353 e. The average molecular weight is 343 g/mol. The van der Waals surface area contributed by atoms with E-state index in [1.807, 2.05) is 0 Å². The minimum Gasteiger partial charge on any atom is -0.353 e. The highest BCUT2D eigenvalue weighted by Crippen LogP contribution is 2.57. The van der Waals surface area contributed by atoms with Crippen LogP contribution in [0.3, 0.4) is 0 Å². The minimum atomic E-state index is -0.360. The van der Waals surface area contributed by atoms with Gasteiger partial charge in [0.1, 0.15) is 5.06 Å². The Hall–Kier alpha value is 0.980. The molecular weight excluding hydrogens is 322 g/mol. The second-order valence-electron chi connectivity index (χ2n) is 5.83. The van der Waals surface area contributed by atoms with E-state index in [1.165, 1.54) is 19.3 Å². The molecule has 3 unspecified atom stereocenters. The number of halogens is 2. The number of hydrogen-bond acceptors (Lipinski definition) is 1. The van der Waals surface area contributed by atoms with Crippen LogP contribution in [0.15, 0.2) is 0 Å². The topological polar surface area (TPSA) is 9.23 Å². The van der Waals surface area contributed by atoms with Gasteiger partial charge in [-0.1, -0.05) is 55.0 Å². The Morgan fingerprint density at radius 3 is 2.40 bits per heavy atom. The van der Waals surface area contributed by atoms with Crippen molar-refractivity contribution in [3.8, 4) is 0 Å². The third-order valence-electron chi connectivity index (χ3n) is 3.93. The molecule has 3 aliphatic rings. The first-order chi connectivity index (χ1) is 6.77. The monoisotopic (exact) mass is 342 g/mol. The van der Waals surface area contributed by atoms with Crippen LogP contribution in [0.1, 0.15) is 52.9 Å². The van der Waals surface area contributed by atoms with Crippen LogP contribution in [-0.2, 0) is 4.74 Å². The molecule has 2 aliphatic heterocycles. The lowest BCUT2D eigenvalue weighted by Crippen LogP contribution is -2.62. The van der Waals surface area contributed by atoms with Crippen molar-refractivity contribution < 1.29 is 4.74 Å². The number of hydrogen-bond donors (Lipinski definition) is 0. The fraction of sp³-hybridized carbons (Fsp3) is 1.00. The first kappa shape index (κ1) is 12.4. The standard InChI is InChI=1S/C12H20ClIO/c1-9(2)11-6-4-5-10(3,14)7-12(13,8-11)15-11/h9H,4-8H2,1-3H3. The molecule has 0 amide bonds. The highest BCUT2D eigenvalue weighted by atomic mass is 127. The zero-order valence-corrected chi connectivity index (χ0v) is 12.7. The van der Waals surface area contributed by atoms with E-state index in [0.717, 1.165) is 12.8 Å². The first-order valence-corrected chi connectivity index (χ1v) is 7.31. The normalized spacial score (nSPS) is 50.8. The Morgan fingerprint density at radius 1 is 1.27 bits per heavy atom. The summed E-state index contributed by atoms with van der Waals surface area (Å²) >= 11 is 9.05. The average Bonchev–Trinajstić information content (AvgIpc) is 1.95. The number of alkyl halides is 2. The van der Waals surface area contributed by atoms with Crippen LogP contribution in [0.4, 0.5) is 0 Å². The Labute approximate surface area is 111 Å². The van der Waals surface area contributed by atoms with Crippen molar-refractivity contribution in [1.29, 1.82) is 0 Å². The molecule has 1 aliphatic carbocycles. The van der Waals surface area contributed by atoms with Crippen molar-refractivity contribution in [3.63, 3.8) is 0 Å². The van der Waals surface area contributed by atoms with Crippen LogP contribution < -0.4 is 0 Å². The maximum absolute atomic E-state index is 6.51. The van der Waals surface area contributed by atoms with Crippen LogP contribution in [-0.4, -0.2) is 14.1 Å². The zero-order valence-electron chi connectivity index (χ0n) is 9.78. The van der Waals surface area contributed by atoms with Gasteiger partial charge in [-0.05, 0) is 25.2 Å². The molecule has 1 nitrogen and oxygen atoms in total. The van der Waals surface area contributed by atoms with E-state index in [2.05, 4.69) is 43.4 Å². The summed E-state index contributed by atoms with van der Waals surface area (Å²) in [6.45, 7) is 6.80. The highest BCUT2D eigenvalue weighted by Gasteiger charge is 2.59. The lowest BCUT2D eigenvalue weighted by molar-refractivity contribution is -0.263. The molecular formula is C12H20ClIO. The number of fused-ring (bicyclic) bond motifs is 4. The Balaban J connectivity index is 2.13. The van der Waals surface area contributed by atoms with Crippen molar-refractivity contribution in [2.24, 2.45) is 5.92 Å². The van der Waals surface area contributed by atoms with Crippen LogP contribution in [0.5, 0.6) is 0 Å². The van der Waals surface area contributed by atoms with Crippen LogP contribution >= 0.6 is 34.2 Å². The molecule has 0 radical (unpaired) electrons. The van der Waals surface area contributed by atoms with Gasteiger partial charge >= 0.3 is 0 Å². The summed E-state index contributed by atoms with van der Waals surface area (Å²) in [5, 5.41) is -0.360. The molecule has 15 heavy (non-hydrogen) atoms. The maximum Gasteiger partial charge on any atom is 0.146 e. The van der Waals surface area contributed by atoms with Crippen LogP contribution in [0.2, 0.25) is 0 Å². The van der Waals surface area contributed by atoms with Gasteiger partial charge in [0.25, 0.3) is 0 Å². The summed E-state index contributed by atoms with van der Waals surface area (Å²) in [6.07, 6.45) is 5.73. The highest BCUT2D eigenvalue weighted by molar-refractivity contribution is 14.1. The lowest BCUT2D eigenvalue weighted by atomic mass is 9.71. The molecule has 0 aromatic carbocycles. The van der Waals surface area contributed by atoms with Gasteiger partial charge < -0.3 is 4.74 Å². The van der Waals surface area contributed by atoms with Crippen molar-refractivity contribution in [1.82, 2.24) is 0 Å². The van der Waals surface area contributed by atoms with Gasteiger partial charge in [-0.15, -0.1) is 0 Å². The smallest absolute Gasteiger partial charge is 0.146 e. The summed E-state index contributed by atoms with van der Waals surface area (Å²) in [7, 11) is 0. The van der Waals surface area contributed by atoms with Gasteiger partial charge in [0.15, 0.2) is 0 Å². The molecule has 88 valence electrons. The molecule has 3 heteroatoms. The third kappa shape index (κ3) is 2.32. The Bertz CT molecular complexity index is 256. The van der Waals surface area contributed by atoms with Crippen molar-refractivity contribution >= 4 is 34.2 Å². The fourth-order valence-corrected chi connectivity index (χ4v) is 4.94. The fourth-order valence-electron chi connectivity index (χ4n) is 3.05. The van der Waals surface area contributed by atoms with Gasteiger partial charge in [-0.2, -0.15) is 0 Å². The van der Waals surface area contributed by atoms with Crippen molar-refractivity contribution in [2.45, 2.75) is 67.0 Å². The van der Waals surface area contributed by atoms with Crippen LogP contribution in [0.25, 0.3) is 0 Å². The van der Waals surface area contributed by atoms with Gasteiger partial charge in [-0.25, -0.2) is 0 Å². The molecule has 3 atom stereocenters. The quantitative estimate of drug-likeness (QED) is 0.503. The molecule has 2 heterocycles. The van der Waals surface area contributed by atoms with E-state index in [-0.39, 0.29) is 10.7 Å². The molecule has 2 bridgehead atoms. The first-order valence-electron chi connectivity index (χ1n) is 5.85. The summed E-state index contributed by atoms with van der Waals surface area (Å²) in [5.74, 6) is 0.586. The maximum atomic E-state index is 6.51. The van der Waals surface area contributed by atoms with E-state index in [9.17, 15) is 0 Å². The predicted octanol–water partition coefficient (Wildman–Crippen LogP) is 4.50. The van der Waals surface area contributed by atoms with E-state index in [1.54, 1.807) is 0 Å². The summed E-state index contributed by atoms with van der Waals surface area (Å²) in [5.41, 5.74) is 0.0922. The van der Waals surface area contributed by atoms with Gasteiger partial charge in [0, 0.05) is 16.3 Å². The van der Waals surface area contributed by atoms with Gasteiger partial charge in [0.2, 0.25) is 0 Å². The second-order valence-corrected chi connectivity index (χ2v) is 9.12. The summed E-state index contributed by atoms with van der Waals surface area (Å²) in [4.78, 5) is 0. The molecule has 3 fully saturated rings. The third-order valence-corrected chi connectivity index (χ3v) is 5.20. The minimum absolute atomic E-state index is 0.0922. The van der Waals surface area contributed by atoms with Crippen molar-refractivity contribution in [2.75, 3.05) is 0 Å². The molecule has 0 aromatic heterocycles.